The van der Waals surface area contributed by atoms with Crippen LogP contribution in [-0.4, -0.2) is 25.8 Å². The number of rotatable bonds is 4. The zero-order valence-electron chi connectivity index (χ0n) is 12.3. The van der Waals surface area contributed by atoms with Gasteiger partial charge in [-0.3, -0.25) is 0 Å². The van der Waals surface area contributed by atoms with Crippen molar-refractivity contribution in [3.05, 3.63) is 23.8 Å². The zero-order valence-corrected chi connectivity index (χ0v) is 12.3. The Hall–Kier alpha value is -1.73. The predicted molar refractivity (Wildman–Crippen MR) is 80.5 cm³/mol. The molecule has 1 fully saturated rings. The van der Waals surface area contributed by atoms with Gasteiger partial charge in [-0.05, 0) is 43.5 Å². The van der Waals surface area contributed by atoms with Crippen molar-refractivity contribution in [1.82, 2.24) is 5.32 Å². The van der Waals surface area contributed by atoms with E-state index in [1.807, 2.05) is 6.07 Å². The lowest BCUT2D eigenvalue weighted by Gasteiger charge is -2.27. The van der Waals surface area contributed by atoms with E-state index in [0.717, 1.165) is 37.3 Å². The van der Waals surface area contributed by atoms with E-state index >= 15 is 0 Å². The number of ether oxygens (including phenoxy) is 2. The molecule has 1 saturated carbocycles. The summed E-state index contributed by atoms with van der Waals surface area (Å²) in [6, 6.07) is 8.96. The fourth-order valence-electron chi connectivity index (χ4n) is 3.17. The minimum Gasteiger partial charge on any atom is -0.486 e. The van der Waals surface area contributed by atoms with Crippen molar-refractivity contribution >= 4 is 0 Å². The standard InChI is InChI=1S/C17H22N2O2/c18-12-14-3-1-2-4-15(14)19-8-7-13-5-6-16-17(11-13)21-10-9-20-16/h5-6,11,14-15,19H,1-4,7-10H2. The number of fused-ring (bicyclic) bond motifs is 1. The molecule has 2 unspecified atom stereocenters. The maximum absolute atomic E-state index is 9.19. The lowest BCUT2D eigenvalue weighted by molar-refractivity contribution is 0.171. The Kier molecular flexibility index (Phi) is 4.62. The van der Waals surface area contributed by atoms with Crippen molar-refractivity contribution in [2.75, 3.05) is 19.8 Å². The van der Waals surface area contributed by atoms with Crippen LogP contribution in [0.1, 0.15) is 31.2 Å². The number of nitriles is 1. The van der Waals surface area contributed by atoms with Gasteiger partial charge in [0.05, 0.1) is 12.0 Å². The van der Waals surface area contributed by atoms with E-state index in [1.54, 1.807) is 0 Å². The molecule has 1 heterocycles. The van der Waals surface area contributed by atoms with Gasteiger partial charge in [0.15, 0.2) is 11.5 Å². The summed E-state index contributed by atoms with van der Waals surface area (Å²) in [7, 11) is 0. The van der Waals surface area contributed by atoms with Crippen LogP contribution in [0.5, 0.6) is 11.5 Å². The van der Waals surface area contributed by atoms with Crippen LogP contribution in [0.2, 0.25) is 0 Å². The monoisotopic (exact) mass is 286 g/mol. The average molecular weight is 286 g/mol. The highest BCUT2D eigenvalue weighted by molar-refractivity contribution is 5.43. The van der Waals surface area contributed by atoms with E-state index < -0.39 is 0 Å². The molecule has 2 aliphatic rings. The number of nitrogens with zero attached hydrogens (tertiary/aromatic N) is 1. The molecule has 112 valence electrons. The molecule has 3 rings (SSSR count). The molecule has 21 heavy (non-hydrogen) atoms. The van der Waals surface area contributed by atoms with Gasteiger partial charge >= 0.3 is 0 Å². The van der Waals surface area contributed by atoms with Gasteiger partial charge in [-0.25, -0.2) is 0 Å². The lowest BCUT2D eigenvalue weighted by Crippen LogP contribution is -2.38. The summed E-state index contributed by atoms with van der Waals surface area (Å²) >= 11 is 0. The molecule has 1 aliphatic carbocycles. The highest BCUT2D eigenvalue weighted by Crippen LogP contribution is 2.31. The molecule has 1 aromatic carbocycles. The molecule has 0 saturated heterocycles. The summed E-state index contributed by atoms with van der Waals surface area (Å²) in [6.07, 6.45) is 5.54. The van der Waals surface area contributed by atoms with Crippen molar-refractivity contribution in [3.63, 3.8) is 0 Å². The quantitative estimate of drug-likeness (QED) is 0.924. The van der Waals surface area contributed by atoms with Gasteiger partial charge in [0.1, 0.15) is 13.2 Å². The molecule has 4 heteroatoms. The Labute approximate surface area is 126 Å². The maximum Gasteiger partial charge on any atom is 0.161 e. The Balaban J connectivity index is 1.52. The normalized spacial score (nSPS) is 24.3. The van der Waals surface area contributed by atoms with Crippen molar-refractivity contribution in [2.24, 2.45) is 5.92 Å². The van der Waals surface area contributed by atoms with Gasteiger partial charge in [-0.15, -0.1) is 0 Å². The van der Waals surface area contributed by atoms with E-state index in [1.165, 1.54) is 18.4 Å². The summed E-state index contributed by atoms with van der Waals surface area (Å²) in [6.45, 7) is 2.16. The van der Waals surface area contributed by atoms with Crippen molar-refractivity contribution in [1.29, 1.82) is 5.26 Å². The summed E-state index contributed by atoms with van der Waals surface area (Å²) in [5.41, 5.74) is 1.25. The minimum absolute atomic E-state index is 0.180. The first-order chi connectivity index (χ1) is 10.4. The Morgan fingerprint density at radius 3 is 2.81 bits per heavy atom. The molecule has 4 nitrogen and oxygen atoms in total. The summed E-state index contributed by atoms with van der Waals surface area (Å²) in [5.74, 6) is 1.88. The first kappa shape index (κ1) is 14.2. The highest BCUT2D eigenvalue weighted by atomic mass is 16.6. The zero-order chi connectivity index (χ0) is 14.5. The van der Waals surface area contributed by atoms with E-state index in [2.05, 4.69) is 23.5 Å². The van der Waals surface area contributed by atoms with Crippen LogP contribution in [0.4, 0.5) is 0 Å². The molecule has 0 bridgehead atoms. The van der Waals surface area contributed by atoms with Crippen molar-refractivity contribution < 1.29 is 9.47 Å². The fourth-order valence-corrected chi connectivity index (χ4v) is 3.17. The second-order valence-corrected chi connectivity index (χ2v) is 5.81. The molecule has 0 radical (unpaired) electrons. The Morgan fingerprint density at radius 1 is 1.14 bits per heavy atom. The molecule has 1 aliphatic heterocycles. The van der Waals surface area contributed by atoms with Gasteiger partial charge in [0.2, 0.25) is 0 Å². The molecule has 1 aromatic rings. The van der Waals surface area contributed by atoms with E-state index in [9.17, 15) is 5.26 Å². The second-order valence-electron chi connectivity index (χ2n) is 5.81. The molecular formula is C17H22N2O2. The molecule has 1 N–H and O–H groups in total. The fraction of sp³-hybridized carbons (Fsp3) is 0.588. The molecule has 0 spiro atoms. The smallest absolute Gasteiger partial charge is 0.161 e. The lowest BCUT2D eigenvalue weighted by atomic mass is 9.85. The van der Waals surface area contributed by atoms with Crippen LogP contribution in [0.3, 0.4) is 0 Å². The SMILES string of the molecule is N#CC1CCCCC1NCCc1ccc2c(c1)OCCO2. The van der Waals surface area contributed by atoms with Crippen LogP contribution in [0.15, 0.2) is 18.2 Å². The van der Waals surface area contributed by atoms with Crippen molar-refractivity contribution in [2.45, 2.75) is 38.1 Å². The van der Waals surface area contributed by atoms with Gasteiger partial charge in [-0.2, -0.15) is 5.26 Å². The summed E-state index contributed by atoms with van der Waals surface area (Å²) in [5, 5.41) is 12.7. The highest BCUT2D eigenvalue weighted by Gasteiger charge is 2.24. The van der Waals surface area contributed by atoms with Crippen molar-refractivity contribution in [3.8, 4) is 17.6 Å². The average Bonchev–Trinajstić information content (AvgIpc) is 2.55. The Morgan fingerprint density at radius 2 is 1.95 bits per heavy atom. The molecule has 2 atom stereocenters. The van der Waals surface area contributed by atoms with E-state index in [4.69, 9.17) is 9.47 Å². The number of hydrogen-bond donors (Lipinski definition) is 1. The largest absolute Gasteiger partial charge is 0.486 e. The minimum atomic E-state index is 0.180. The van der Waals surface area contributed by atoms with E-state index in [0.29, 0.717) is 19.3 Å². The number of benzene rings is 1. The molecular weight excluding hydrogens is 264 g/mol. The second kappa shape index (κ2) is 6.82. The summed E-state index contributed by atoms with van der Waals surface area (Å²) < 4.78 is 11.1. The van der Waals surface area contributed by atoms with Crippen LogP contribution in [0, 0.1) is 17.2 Å². The van der Waals surface area contributed by atoms with Gasteiger partial charge < -0.3 is 14.8 Å². The Bertz CT molecular complexity index is 524. The van der Waals surface area contributed by atoms with Gasteiger partial charge in [0, 0.05) is 6.04 Å². The topological polar surface area (TPSA) is 54.3 Å². The first-order valence-corrected chi connectivity index (χ1v) is 7.88. The molecule has 0 amide bonds. The predicted octanol–water partition coefficient (Wildman–Crippen LogP) is 2.67. The third-order valence-corrected chi connectivity index (χ3v) is 4.36. The number of nitrogens with one attached hydrogen (secondary N) is 1. The van der Waals surface area contributed by atoms with Crippen LogP contribution >= 0.6 is 0 Å². The summed E-state index contributed by atoms with van der Waals surface area (Å²) in [4.78, 5) is 0. The van der Waals surface area contributed by atoms with Crippen LogP contribution < -0.4 is 14.8 Å². The van der Waals surface area contributed by atoms with Gasteiger partial charge in [0.25, 0.3) is 0 Å². The maximum atomic E-state index is 9.19. The van der Waals surface area contributed by atoms with Crippen LogP contribution in [-0.2, 0) is 6.42 Å². The first-order valence-electron chi connectivity index (χ1n) is 7.88. The third kappa shape index (κ3) is 3.48. The van der Waals surface area contributed by atoms with Gasteiger partial charge in [-0.1, -0.05) is 18.9 Å². The number of hydrogen-bond acceptors (Lipinski definition) is 4. The van der Waals surface area contributed by atoms with Crippen LogP contribution in [0.25, 0.3) is 0 Å². The third-order valence-electron chi connectivity index (χ3n) is 4.36. The molecule has 0 aromatic heterocycles. The van der Waals surface area contributed by atoms with E-state index in [-0.39, 0.29) is 5.92 Å².